The molecule has 1 aromatic carbocycles. The van der Waals surface area contributed by atoms with Crippen molar-refractivity contribution in [2.45, 2.75) is 37.6 Å². The van der Waals surface area contributed by atoms with Gasteiger partial charge in [0.2, 0.25) is 0 Å². The molecule has 0 aliphatic carbocycles. The summed E-state index contributed by atoms with van der Waals surface area (Å²) in [6.07, 6.45) is 1.22. The molecule has 1 aliphatic heterocycles. The van der Waals surface area contributed by atoms with Crippen LogP contribution < -0.4 is 15.6 Å². The Kier molecular flexibility index (Phi) is 4.65. The first-order chi connectivity index (χ1) is 9.79. The van der Waals surface area contributed by atoms with Gasteiger partial charge < -0.3 is 10.5 Å². The van der Waals surface area contributed by atoms with Gasteiger partial charge in [0, 0.05) is 6.42 Å². The molecule has 21 heavy (non-hydrogen) atoms. The second-order valence-corrected chi connectivity index (χ2v) is 7.39. The van der Waals surface area contributed by atoms with Gasteiger partial charge in [-0.25, -0.2) is 9.35 Å². The summed E-state index contributed by atoms with van der Waals surface area (Å²) in [7, 11) is -3.27. The molecule has 1 unspecified atom stereocenters. The molecule has 6 nitrogen and oxygen atoms in total. The molecule has 2 rings (SSSR count). The van der Waals surface area contributed by atoms with Crippen molar-refractivity contribution in [1.29, 1.82) is 0 Å². The van der Waals surface area contributed by atoms with Crippen molar-refractivity contribution in [1.82, 2.24) is 0 Å². The van der Waals surface area contributed by atoms with Gasteiger partial charge in [-0.15, -0.1) is 4.36 Å². The van der Waals surface area contributed by atoms with E-state index >= 15 is 0 Å². The number of benzene rings is 1. The molecular formula is C14H21N3O3S. The Hall–Kier alpha value is -1.44. The van der Waals surface area contributed by atoms with Crippen LogP contribution in [0.4, 0.5) is 0 Å². The highest BCUT2D eigenvalue weighted by Crippen LogP contribution is 2.27. The number of amides is 1. The van der Waals surface area contributed by atoms with Gasteiger partial charge in [-0.2, -0.15) is 0 Å². The normalized spacial score (nSPS) is 17.8. The molecule has 1 heterocycles. The van der Waals surface area contributed by atoms with E-state index in [1.807, 2.05) is 13.8 Å². The zero-order chi connectivity index (χ0) is 15.6. The summed E-state index contributed by atoms with van der Waals surface area (Å²) >= 11 is 0. The fourth-order valence-corrected chi connectivity index (χ4v) is 3.29. The highest BCUT2D eigenvalue weighted by Gasteiger charge is 2.20. The minimum absolute atomic E-state index is 0.255. The zero-order valence-corrected chi connectivity index (χ0v) is 13.1. The van der Waals surface area contributed by atoms with Gasteiger partial charge in [0.15, 0.2) is 0 Å². The molecule has 4 N–H and O–H groups in total. The molecule has 116 valence electrons. The van der Waals surface area contributed by atoms with Gasteiger partial charge in [-0.1, -0.05) is 13.8 Å². The molecule has 0 saturated heterocycles. The Labute approximate surface area is 125 Å². The van der Waals surface area contributed by atoms with Crippen LogP contribution in [0.15, 0.2) is 27.5 Å². The molecule has 7 heteroatoms. The van der Waals surface area contributed by atoms with Crippen LogP contribution in [-0.2, 0) is 21.1 Å². The van der Waals surface area contributed by atoms with Gasteiger partial charge in [0.1, 0.15) is 15.7 Å². The molecule has 0 spiro atoms. The molecule has 0 bridgehead atoms. The number of ether oxygens (including phenoxy) is 1. The number of carbonyl (C=O) groups is 1. The molecule has 0 saturated carbocycles. The Morgan fingerprint density at radius 2 is 2.19 bits per heavy atom. The maximum absolute atomic E-state index is 12.5. The summed E-state index contributed by atoms with van der Waals surface area (Å²) in [6.45, 7) is 4.50. The number of nitrogens with two attached hydrogens (primary N) is 2. The first-order valence-corrected chi connectivity index (χ1v) is 8.47. The van der Waals surface area contributed by atoms with Crippen LogP contribution in [0.3, 0.4) is 0 Å². The lowest BCUT2D eigenvalue weighted by molar-refractivity contribution is -0.119. The van der Waals surface area contributed by atoms with E-state index in [0.717, 1.165) is 17.7 Å². The van der Waals surface area contributed by atoms with Crippen LogP contribution >= 0.6 is 0 Å². The number of hydrogen-bond acceptors (Lipinski definition) is 4. The minimum atomic E-state index is -3.27. The van der Waals surface area contributed by atoms with Crippen LogP contribution in [0.1, 0.15) is 25.8 Å². The minimum Gasteiger partial charge on any atom is -0.493 e. The predicted molar refractivity (Wildman–Crippen MR) is 81.1 cm³/mol. The lowest BCUT2D eigenvalue weighted by Crippen LogP contribution is -2.32. The van der Waals surface area contributed by atoms with Gasteiger partial charge >= 0.3 is 0 Å². The first kappa shape index (κ1) is 15.9. The van der Waals surface area contributed by atoms with E-state index in [9.17, 15) is 9.00 Å². The van der Waals surface area contributed by atoms with Crippen LogP contribution in [0, 0.1) is 5.92 Å². The van der Waals surface area contributed by atoms with E-state index in [1.54, 1.807) is 18.2 Å². The average molecular weight is 311 g/mol. The highest BCUT2D eigenvalue weighted by molar-refractivity contribution is 7.91. The van der Waals surface area contributed by atoms with E-state index in [0.29, 0.717) is 17.9 Å². The zero-order valence-electron chi connectivity index (χ0n) is 12.2. The summed E-state index contributed by atoms with van der Waals surface area (Å²) in [5.74, 6) is 0.398. The van der Waals surface area contributed by atoms with Crippen molar-refractivity contribution in [2.75, 3.05) is 6.61 Å². The molecule has 1 aromatic rings. The smallest absolute Gasteiger partial charge is 0.271 e. The lowest BCUT2D eigenvalue weighted by Gasteiger charge is -2.11. The number of rotatable bonds is 4. The van der Waals surface area contributed by atoms with Crippen molar-refractivity contribution in [3.63, 3.8) is 0 Å². The SMILES string of the molecule is CC(C)C[C@H](N)C(=O)N=S(N)(=O)c1ccc2c(c1)CCO2. The van der Waals surface area contributed by atoms with E-state index in [1.165, 1.54) is 0 Å². The summed E-state index contributed by atoms with van der Waals surface area (Å²) in [5, 5.41) is 5.75. The van der Waals surface area contributed by atoms with E-state index in [-0.39, 0.29) is 5.92 Å². The van der Waals surface area contributed by atoms with Gasteiger partial charge in [-0.05, 0) is 36.1 Å². The van der Waals surface area contributed by atoms with E-state index in [2.05, 4.69) is 4.36 Å². The Bertz CT molecular complexity index is 663. The molecular weight excluding hydrogens is 290 g/mol. The maximum Gasteiger partial charge on any atom is 0.271 e. The van der Waals surface area contributed by atoms with Crippen molar-refractivity contribution in [3.05, 3.63) is 23.8 Å². The Balaban J connectivity index is 2.26. The molecule has 1 aliphatic rings. The third-order valence-electron chi connectivity index (χ3n) is 3.27. The Morgan fingerprint density at radius 3 is 2.86 bits per heavy atom. The van der Waals surface area contributed by atoms with E-state index in [4.69, 9.17) is 15.6 Å². The van der Waals surface area contributed by atoms with Crippen molar-refractivity contribution >= 4 is 15.8 Å². The fraction of sp³-hybridized carbons (Fsp3) is 0.500. The number of fused-ring (bicyclic) bond motifs is 1. The van der Waals surface area contributed by atoms with E-state index < -0.39 is 21.9 Å². The van der Waals surface area contributed by atoms with Crippen molar-refractivity contribution in [2.24, 2.45) is 21.2 Å². The average Bonchev–Trinajstić information content (AvgIpc) is 2.84. The van der Waals surface area contributed by atoms with Crippen molar-refractivity contribution < 1.29 is 13.7 Å². The van der Waals surface area contributed by atoms with Gasteiger partial charge in [0.25, 0.3) is 5.91 Å². The number of nitrogens with zero attached hydrogens (tertiary/aromatic N) is 1. The van der Waals surface area contributed by atoms with Gasteiger partial charge in [0.05, 0.1) is 17.5 Å². The largest absolute Gasteiger partial charge is 0.493 e. The molecule has 0 radical (unpaired) electrons. The first-order valence-electron chi connectivity index (χ1n) is 6.89. The molecule has 0 fully saturated rings. The molecule has 0 aromatic heterocycles. The summed E-state index contributed by atoms with van der Waals surface area (Å²) in [5.41, 5.74) is 6.68. The van der Waals surface area contributed by atoms with Gasteiger partial charge in [-0.3, -0.25) is 4.79 Å². The summed E-state index contributed by atoms with van der Waals surface area (Å²) in [4.78, 5) is 12.3. The maximum atomic E-state index is 12.5. The topological polar surface area (TPSA) is 108 Å². The lowest BCUT2D eigenvalue weighted by atomic mass is 10.0. The number of carbonyl (C=O) groups excluding carboxylic acids is 1. The third kappa shape index (κ3) is 3.81. The van der Waals surface area contributed by atoms with Crippen LogP contribution in [0.25, 0.3) is 0 Å². The molecule has 2 atom stereocenters. The van der Waals surface area contributed by atoms with Crippen LogP contribution in [0.2, 0.25) is 0 Å². The Morgan fingerprint density at radius 1 is 1.48 bits per heavy atom. The quantitative estimate of drug-likeness (QED) is 0.871. The second-order valence-electron chi connectivity index (χ2n) is 5.60. The highest BCUT2D eigenvalue weighted by atomic mass is 32.2. The summed E-state index contributed by atoms with van der Waals surface area (Å²) in [6, 6.07) is 4.21. The monoisotopic (exact) mass is 311 g/mol. The second kappa shape index (κ2) is 6.13. The van der Waals surface area contributed by atoms with Crippen LogP contribution in [0.5, 0.6) is 5.75 Å². The van der Waals surface area contributed by atoms with Crippen LogP contribution in [-0.4, -0.2) is 22.8 Å². The predicted octanol–water partition coefficient (Wildman–Crippen LogP) is 1.22. The standard InChI is InChI=1S/C14H21N3O3S/c1-9(2)7-12(15)14(18)17-21(16,19)11-3-4-13-10(8-11)5-6-20-13/h3-4,8-9,12H,5-7,15H2,1-2H3,(H2,16,17,18,19)/t12-,21?/m0/s1. The summed E-state index contributed by atoms with van der Waals surface area (Å²) < 4.78 is 21.5. The van der Waals surface area contributed by atoms with Crippen molar-refractivity contribution in [3.8, 4) is 5.75 Å². The fourth-order valence-electron chi connectivity index (χ4n) is 2.21. The number of hydrogen-bond donors (Lipinski definition) is 2. The molecule has 1 amide bonds. The third-order valence-corrected chi connectivity index (χ3v) is 4.65.